The van der Waals surface area contributed by atoms with Crippen molar-refractivity contribution in [1.29, 1.82) is 0 Å². The zero-order valence-corrected chi connectivity index (χ0v) is 13.6. The van der Waals surface area contributed by atoms with E-state index in [4.69, 9.17) is 0 Å². The van der Waals surface area contributed by atoms with E-state index in [0.29, 0.717) is 31.5 Å². The van der Waals surface area contributed by atoms with Gasteiger partial charge in [0.05, 0.1) is 11.5 Å². The molecule has 0 aliphatic carbocycles. The number of hydrogen-bond donors (Lipinski definition) is 1. The van der Waals surface area contributed by atoms with Gasteiger partial charge in [-0.1, -0.05) is 6.07 Å². The van der Waals surface area contributed by atoms with Crippen LogP contribution in [0, 0.1) is 5.92 Å². The van der Waals surface area contributed by atoms with Gasteiger partial charge in [0.25, 0.3) is 5.91 Å². The molecule has 7 heteroatoms. The van der Waals surface area contributed by atoms with Crippen LogP contribution in [0.4, 0.5) is 5.69 Å². The van der Waals surface area contributed by atoms with Crippen molar-refractivity contribution in [3.8, 4) is 0 Å². The number of anilines is 1. The summed E-state index contributed by atoms with van der Waals surface area (Å²) in [7, 11) is -2.93. The number of nitrogens with one attached hydrogen (secondary N) is 1. The molecule has 2 saturated heterocycles. The minimum atomic E-state index is -2.93. The molecule has 1 aromatic rings. The number of rotatable bonds is 4. The second-order valence-electron chi connectivity index (χ2n) is 6.18. The predicted molar refractivity (Wildman–Crippen MR) is 87.1 cm³/mol. The third kappa shape index (κ3) is 3.72. The van der Waals surface area contributed by atoms with E-state index < -0.39 is 9.84 Å². The van der Waals surface area contributed by atoms with E-state index in [1.165, 1.54) is 0 Å². The number of sulfone groups is 1. The molecule has 1 N–H and O–H groups in total. The third-order valence-electron chi connectivity index (χ3n) is 4.37. The van der Waals surface area contributed by atoms with Gasteiger partial charge in [0, 0.05) is 30.8 Å². The second-order valence-corrected chi connectivity index (χ2v) is 8.41. The van der Waals surface area contributed by atoms with Crippen LogP contribution in [-0.2, 0) is 14.6 Å². The molecule has 0 radical (unpaired) electrons. The Bertz CT molecular complexity index is 729. The lowest BCUT2D eigenvalue weighted by Crippen LogP contribution is -2.30. The highest BCUT2D eigenvalue weighted by atomic mass is 32.2. The monoisotopic (exact) mass is 336 g/mol. The van der Waals surface area contributed by atoms with E-state index in [1.54, 1.807) is 23.1 Å². The molecular formula is C16H20N2O4S. The van der Waals surface area contributed by atoms with E-state index in [0.717, 1.165) is 12.1 Å². The first-order valence-corrected chi connectivity index (χ1v) is 9.66. The maximum Gasteiger partial charge on any atom is 0.251 e. The zero-order chi connectivity index (χ0) is 16.4. The van der Waals surface area contributed by atoms with Crippen molar-refractivity contribution in [1.82, 2.24) is 5.32 Å². The molecule has 2 aliphatic heterocycles. The standard InChI is InChI=1S/C16H20N2O4S/c19-15-5-2-7-18(15)14-4-1-3-13(9-14)16(20)17-10-12-6-8-23(21,22)11-12/h1,3-4,9,12H,2,5-8,10-11H2,(H,17,20)/t12-/m1/s1. The highest BCUT2D eigenvalue weighted by Gasteiger charge is 2.28. The maximum absolute atomic E-state index is 12.2. The topological polar surface area (TPSA) is 83.6 Å². The van der Waals surface area contributed by atoms with Gasteiger partial charge in [-0.25, -0.2) is 8.42 Å². The number of carbonyl (C=O) groups is 2. The largest absolute Gasteiger partial charge is 0.352 e. The van der Waals surface area contributed by atoms with Gasteiger partial charge in [-0.15, -0.1) is 0 Å². The van der Waals surface area contributed by atoms with Crippen LogP contribution in [0.5, 0.6) is 0 Å². The molecule has 1 atom stereocenters. The van der Waals surface area contributed by atoms with Gasteiger partial charge in [-0.3, -0.25) is 9.59 Å². The Hall–Kier alpha value is -1.89. The second kappa shape index (κ2) is 6.31. The molecule has 124 valence electrons. The normalized spacial score (nSPS) is 23.2. The summed E-state index contributed by atoms with van der Waals surface area (Å²) < 4.78 is 22.9. The van der Waals surface area contributed by atoms with E-state index in [9.17, 15) is 18.0 Å². The molecule has 2 fully saturated rings. The van der Waals surface area contributed by atoms with Gasteiger partial charge < -0.3 is 10.2 Å². The molecule has 23 heavy (non-hydrogen) atoms. The van der Waals surface area contributed by atoms with Gasteiger partial charge >= 0.3 is 0 Å². The van der Waals surface area contributed by atoms with Gasteiger partial charge in [-0.05, 0) is 37.0 Å². The van der Waals surface area contributed by atoms with E-state index in [2.05, 4.69) is 5.32 Å². The summed E-state index contributed by atoms with van der Waals surface area (Å²) in [5.74, 6) is 0.198. The first kappa shape index (κ1) is 16.0. The zero-order valence-electron chi connectivity index (χ0n) is 12.8. The van der Waals surface area contributed by atoms with Crippen LogP contribution in [0.1, 0.15) is 29.6 Å². The van der Waals surface area contributed by atoms with Crippen molar-refractivity contribution in [3.63, 3.8) is 0 Å². The molecule has 0 bridgehead atoms. The molecule has 6 nitrogen and oxygen atoms in total. The van der Waals surface area contributed by atoms with Gasteiger partial charge in [0.2, 0.25) is 5.91 Å². The highest BCUT2D eigenvalue weighted by Crippen LogP contribution is 2.22. The van der Waals surface area contributed by atoms with Gasteiger partial charge in [-0.2, -0.15) is 0 Å². The molecule has 2 amide bonds. The molecule has 2 aliphatic rings. The number of benzene rings is 1. The Labute approximate surface area is 135 Å². The van der Waals surface area contributed by atoms with Crippen LogP contribution < -0.4 is 10.2 Å². The molecule has 1 aromatic carbocycles. The van der Waals surface area contributed by atoms with Crippen LogP contribution >= 0.6 is 0 Å². The van der Waals surface area contributed by atoms with Crippen LogP contribution in [0.3, 0.4) is 0 Å². The van der Waals surface area contributed by atoms with Crippen LogP contribution in [-0.4, -0.2) is 44.8 Å². The minimum Gasteiger partial charge on any atom is -0.352 e. The Kier molecular flexibility index (Phi) is 4.39. The molecular weight excluding hydrogens is 316 g/mol. The number of hydrogen-bond acceptors (Lipinski definition) is 4. The number of nitrogens with zero attached hydrogens (tertiary/aromatic N) is 1. The number of carbonyl (C=O) groups excluding carboxylic acids is 2. The van der Waals surface area contributed by atoms with Crippen molar-refractivity contribution >= 4 is 27.3 Å². The minimum absolute atomic E-state index is 0.00714. The smallest absolute Gasteiger partial charge is 0.251 e. The lowest BCUT2D eigenvalue weighted by molar-refractivity contribution is -0.117. The predicted octanol–water partition coefficient (Wildman–Crippen LogP) is 0.978. The fourth-order valence-corrected chi connectivity index (χ4v) is 4.97. The summed E-state index contributed by atoms with van der Waals surface area (Å²) in [6.07, 6.45) is 1.99. The summed E-state index contributed by atoms with van der Waals surface area (Å²) in [5.41, 5.74) is 1.23. The lowest BCUT2D eigenvalue weighted by atomic mass is 10.1. The first-order valence-electron chi connectivity index (χ1n) is 7.84. The molecule has 0 saturated carbocycles. The average molecular weight is 336 g/mol. The average Bonchev–Trinajstić information content (AvgIpc) is 3.10. The van der Waals surface area contributed by atoms with Crippen molar-refractivity contribution in [2.75, 3.05) is 29.5 Å². The fraction of sp³-hybridized carbons (Fsp3) is 0.500. The van der Waals surface area contributed by atoms with Crippen molar-refractivity contribution in [2.45, 2.75) is 19.3 Å². The SMILES string of the molecule is O=C(NC[C@H]1CCS(=O)(=O)C1)c1cccc(N2CCCC2=O)c1. The van der Waals surface area contributed by atoms with E-state index >= 15 is 0 Å². The highest BCUT2D eigenvalue weighted by molar-refractivity contribution is 7.91. The molecule has 0 aromatic heterocycles. The quantitative estimate of drug-likeness (QED) is 0.888. The molecule has 3 rings (SSSR count). The van der Waals surface area contributed by atoms with Crippen LogP contribution in [0.15, 0.2) is 24.3 Å². The molecule has 0 spiro atoms. The summed E-state index contributed by atoms with van der Waals surface area (Å²) in [6.45, 7) is 1.05. The van der Waals surface area contributed by atoms with Crippen LogP contribution in [0.2, 0.25) is 0 Å². The third-order valence-corrected chi connectivity index (χ3v) is 6.21. The molecule has 2 heterocycles. The first-order chi connectivity index (χ1) is 10.9. The van der Waals surface area contributed by atoms with Crippen LogP contribution in [0.25, 0.3) is 0 Å². The lowest BCUT2D eigenvalue weighted by Gasteiger charge is -2.16. The van der Waals surface area contributed by atoms with Crippen molar-refractivity contribution in [2.24, 2.45) is 5.92 Å². The Morgan fingerprint density at radius 2 is 2.17 bits per heavy atom. The van der Waals surface area contributed by atoms with Crippen molar-refractivity contribution in [3.05, 3.63) is 29.8 Å². The summed E-state index contributed by atoms with van der Waals surface area (Å²) in [4.78, 5) is 25.7. The maximum atomic E-state index is 12.2. The van der Waals surface area contributed by atoms with E-state index in [-0.39, 0.29) is 29.2 Å². The van der Waals surface area contributed by atoms with Gasteiger partial charge in [0.15, 0.2) is 9.84 Å². The summed E-state index contributed by atoms with van der Waals surface area (Å²) >= 11 is 0. The fourth-order valence-electron chi connectivity index (χ4n) is 3.11. The number of amides is 2. The Balaban J connectivity index is 1.62. The summed E-state index contributed by atoms with van der Waals surface area (Å²) in [5, 5.41) is 2.80. The van der Waals surface area contributed by atoms with E-state index in [1.807, 2.05) is 6.07 Å². The van der Waals surface area contributed by atoms with Crippen molar-refractivity contribution < 1.29 is 18.0 Å². The Morgan fingerprint density at radius 3 is 2.83 bits per heavy atom. The summed E-state index contributed by atoms with van der Waals surface area (Å²) in [6, 6.07) is 6.99. The molecule has 0 unspecified atom stereocenters. The van der Waals surface area contributed by atoms with Gasteiger partial charge in [0.1, 0.15) is 0 Å². The Morgan fingerprint density at radius 1 is 1.35 bits per heavy atom.